The second kappa shape index (κ2) is 8.84. The molecule has 8 heteroatoms. The van der Waals surface area contributed by atoms with Gasteiger partial charge in [-0.3, -0.25) is 14.9 Å². The molecule has 5 nitrogen and oxygen atoms in total. The van der Waals surface area contributed by atoms with E-state index in [2.05, 4.69) is 15.6 Å². The van der Waals surface area contributed by atoms with E-state index in [1.807, 2.05) is 12.1 Å². The third-order valence-electron chi connectivity index (χ3n) is 3.27. The van der Waals surface area contributed by atoms with Crippen LogP contribution in [0.15, 0.2) is 65.0 Å². The summed E-state index contributed by atoms with van der Waals surface area (Å²) < 4.78 is 0. The molecule has 0 aliphatic carbocycles. The number of nitrogens with one attached hydrogen (secondary N) is 2. The average Bonchev–Trinajstić information content (AvgIpc) is 3.15. The van der Waals surface area contributed by atoms with Crippen LogP contribution >= 0.6 is 34.7 Å². The Bertz CT molecular complexity index is 882. The number of thioether (sulfide) groups is 1. The lowest BCUT2D eigenvalue weighted by molar-refractivity contribution is -0.113. The maximum absolute atomic E-state index is 12.1. The molecule has 2 aromatic carbocycles. The minimum atomic E-state index is -0.240. The summed E-state index contributed by atoms with van der Waals surface area (Å²) in [6, 6.07) is 14.0. The van der Waals surface area contributed by atoms with Gasteiger partial charge in [0.2, 0.25) is 5.91 Å². The first kappa shape index (κ1) is 18.4. The Morgan fingerprint density at radius 1 is 1.04 bits per heavy atom. The lowest BCUT2D eigenvalue weighted by atomic mass is 10.2. The number of hydrogen-bond donors (Lipinski definition) is 2. The molecule has 2 N–H and O–H groups in total. The number of aromatic nitrogens is 1. The fourth-order valence-electron chi connectivity index (χ4n) is 2.04. The largest absolute Gasteiger partial charge is 0.325 e. The molecule has 26 heavy (non-hydrogen) atoms. The number of benzene rings is 2. The van der Waals surface area contributed by atoms with Gasteiger partial charge in [-0.05, 0) is 48.5 Å². The number of hydrogen-bond acceptors (Lipinski definition) is 5. The summed E-state index contributed by atoms with van der Waals surface area (Å²) >= 11 is 8.61. The van der Waals surface area contributed by atoms with Crippen molar-refractivity contribution in [2.45, 2.75) is 4.90 Å². The first-order valence-electron chi connectivity index (χ1n) is 7.59. The van der Waals surface area contributed by atoms with E-state index in [0.29, 0.717) is 21.4 Å². The minimum Gasteiger partial charge on any atom is -0.325 e. The summed E-state index contributed by atoms with van der Waals surface area (Å²) in [5.41, 5.74) is 1.13. The van der Waals surface area contributed by atoms with Gasteiger partial charge in [-0.2, -0.15) is 0 Å². The van der Waals surface area contributed by atoms with Gasteiger partial charge in [0, 0.05) is 32.7 Å². The summed E-state index contributed by atoms with van der Waals surface area (Å²) in [7, 11) is 0. The fraction of sp³-hybridized carbons (Fsp3) is 0.0556. The molecule has 0 saturated carbocycles. The van der Waals surface area contributed by atoms with Crippen molar-refractivity contribution in [3.05, 3.63) is 70.7 Å². The van der Waals surface area contributed by atoms with Crippen LogP contribution in [0.2, 0.25) is 5.02 Å². The van der Waals surface area contributed by atoms with Crippen molar-refractivity contribution < 1.29 is 9.59 Å². The van der Waals surface area contributed by atoms with Crippen LogP contribution in [-0.4, -0.2) is 22.6 Å². The number of rotatable bonds is 6. The van der Waals surface area contributed by atoms with E-state index in [1.165, 1.54) is 23.1 Å². The first-order chi connectivity index (χ1) is 12.6. The van der Waals surface area contributed by atoms with Gasteiger partial charge in [0.15, 0.2) is 5.13 Å². The van der Waals surface area contributed by atoms with Crippen molar-refractivity contribution >= 4 is 57.3 Å². The molecule has 0 spiro atoms. The lowest BCUT2D eigenvalue weighted by Crippen LogP contribution is -2.15. The molecule has 0 bridgehead atoms. The van der Waals surface area contributed by atoms with Gasteiger partial charge in [0.25, 0.3) is 5.91 Å². The molecule has 0 saturated heterocycles. The second-order valence-electron chi connectivity index (χ2n) is 5.16. The van der Waals surface area contributed by atoms with Crippen molar-refractivity contribution in [1.29, 1.82) is 0 Å². The molecule has 132 valence electrons. The molecule has 0 radical (unpaired) electrons. The topological polar surface area (TPSA) is 71.1 Å². The second-order valence-corrected chi connectivity index (χ2v) is 7.54. The zero-order valence-corrected chi connectivity index (χ0v) is 15.8. The molecule has 0 unspecified atom stereocenters. The van der Waals surface area contributed by atoms with Crippen LogP contribution in [0.1, 0.15) is 10.4 Å². The molecule has 0 aliphatic rings. The predicted molar refractivity (Wildman–Crippen MR) is 107 cm³/mol. The molecule has 1 heterocycles. The van der Waals surface area contributed by atoms with Crippen molar-refractivity contribution in [3.8, 4) is 0 Å². The number of carbonyl (C=O) groups is 2. The van der Waals surface area contributed by atoms with Crippen LogP contribution in [0.3, 0.4) is 0 Å². The summed E-state index contributed by atoms with van der Waals surface area (Å²) in [6.07, 6.45) is 1.63. The van der Waals surface area contributed by atoms with Gasteiger partial charge in [-0.15, -0.1) is 23.1 Å². The van der Waals surface area contributed by atoms with Crippen LogP contribution in [0.4, 0.5) is 10.8 Å². The maximum Gasteiger partial charge on any atom is 0.257 e. The van der Waals surface area contributed by atoms with Gasteiger partial charge in [-0.25, -0.2) is 4.98 Å². The number of thiazole rings is 1. The van der Waals surface area contributed by atoms with Crippen LogP contribution in [0.25, 0.3) is 0 Å². The number of amides is 2. The van der Waals surface area contributed by atoms with Crippen molar-refractivity contribution in [1.82, 2.24) is 4.98 Å². The van der Waals surface area contributed by atoms with Crippen LogP contribution in [0.5, 0.6) is 0 Å². The Labute approximate surface area is 163 Å². The van der Waals surface area contributed by atoms with Crippen molar-refractivity contribution in [2.75, 3.05) is 16.4 Å². The molecule has 2 amide bonds. The highest BCUT2D eigenvalue weighted by Gasteiger charge is 2.08. The van der Waals surface area contributed by atoms with Crippen LogP contribution in [0, 0.1) is 0 Å². The van der Waals surface area contributed by atoms with E-state index >= 15 is 0 Å². The van der Waals surface area contributed by atoms with E-state index in [-0.39, 0.29) is 17.6 Å². The zero-order chi connectivity index (χ0) is 18.4. The summed E-state index contributed by atoms with van der Waals surface area (Å²) in [4.78, 5) is 29.1. The molecule has 0 atom stereocenters. The number of anilines is 2. The summed E-state index contributed by atoms with van der Waals surface area (Å²) in [5.74, 6) is -0.0745. The maximum atomic E-state index is 12.1. The van der Waals surface area contributed by atoms with E-state index in [0.717, 1.165) is 4.90 Å². The predicted octanol–water partition coefficient (Wildman–Crippen LogP) is 4.78. The Morgan fingerprint density at radius 3 is 2.42 bits per heavy atom. The third kappa shape index (κ3) is 5.32. The Kier molecular flexibility index (Phi) is 6.27. The minimum absolute atomic E-state index is 0.120. The van der Waals surface area contributed by atoms with Gasteiger partial charge in [0.1, 0.15) is 0 Å². The quantitative estimate of drug-likeness (QED) is 0.581. The molecule has 1 aromatic heterocycles. The fourth-order valence-corrected chi connectivity index (χ4v) is 3.38. The first-order valence-corrected chi connectivity index (χ1v) is 9.83. The highest BCUT2D eigenvalue weighted by molar-refractivity contribution is 8.00. The average molecular weight is 404 g/mol. The number of halogens is 1. The molecular weight excluding hydrogens is 390 g/mol. The third-order valence-corrected chi connectivity index (χ3v) is 5.22. The van der Waals surface area contributed by atoms with E-state index in [9.17, 15) is 9.59 Å². The van der Waals surface area contributed by atoms with Crippen molar-refractivity contribution in [3.63, 3.8) is 0 Å². The Morgan fingerprint density at radius 2 is 1.77 bits per heavy atom. The summed E-state index contributed by atoms with van der Waals surface area (Å²) in [5, 5.41) is 8.52. The normalized spacial score (nSPS) is 10.3. The Hall–Kier alpha value is -2.35. The smallest absolute Gasteiger partial charge is 0.257 e. The van der Waals surface area contributed by atoms with Gasteiger partial charge < -0.3 is 5.32 Å². The van der Waals surface area contributed by atoms with E-state index < -0.39 is 0 Å². The Balaban J connectivity index is 1.51. The van der Waals surface area contributed by atoms with Gasteiger partial charge >= 0.3 is 0 Å². The number of nitrogens with zero attached hydrogens (tertiary/aromatic N) is 1. The lowest BCUT2D eigenvalue weighted by Gasteiger charge is -2.07. The molecular formula is C18H14ClN3O2S2. The molecule has 3 rings (SSSR count). The van der Waals surface area contributed by atoms with Gasteiger partial charge in [0.05, 0.1) is 5.75 Å². The van der Waals surface area contributed by atoms with Crippen LogP contribution in [-0.2, 0) is 4.79 Å². The summed E-state index contributed by atoms with van der Waals surface area (Å²) in [6.45, 7) is 0. The monoisotopic (exact) mass is 403 g/mol. The molecule has 3 aromatic rings. The van der Waals surface area contributed by atoms with E-state index in [1.54, 1.807) is 48.0 Å². The zero-order valence-electron chi connectivity index (χ0n) is 13.4. The molecule has 0 aliphatic heterocycles. The standard InChI is InChI=1S/C18H14ClN3O2S2/c19-13-3-7-15(8-4-13)26-11-16(23)21-14-5-1-12(2-6-14)17(24)22-18-20-9-10-25-18/h1-10H,11H2,(H,21,23)(H,20,22,24). The van der Waals surface area contributed by atoms with E-state index in [4.69, 9.17) is 11.6 Å². The number of carbonyl (C=O) groups excluding carboxylic acids is 2. The SMILES string of the molecule is O=C(CSc1ccc(Cl)cc1)Nc1ccc(C(=O)Nc2nccs2)cc1. The van der Waals surface area contributed by atoms with Crippen LogP contribution < -0.4 is 10.6 Å². The van der Waals surface area contributed by atoms with Crippen molar-refractivity contribution in [2.24, 2.45) is 0 Å². The van der Waals surface area contributed by atoms with Gasteiger partial charge in [-0.1, -0.05) is 11.6 Å². The highest BCUT2D eigenvalue weighted by Crippen LogP contribution is 2.21. The molecule has 0 fully saturated rings. The highest BCUT2D eigenvalue weighted by atomic mass is 35.5.